The van der Waals surface area contributed by atoms with Gasteiger partial charge in [-0.1, -0.05) is 0 Å². The lowest BCUT2D eigenvalue weighted by molar-refractivity contribution is -0.144. The van der Waals surface area contributed by atoms with Crippen molar-refractivity contribution in [3.8, 4) is 0 Å². The van der Waals surface area contributed by atoms with Crippen LogP contribution in [0.25, 0.3) is 0 Å². The lowest BCUT2D eigenvalue weighted by atomic mass is 10.2. The SMILES string of the molecule is CCOC(=O)CCC(=O)N[C@H](C)c1ccco1. The van der Waals surface area contributed by atoms with Gasteiger partial charge in [0.2, 0.25) is 5.91 Å². The van der Waals surface area contributed by atoms with Gasteiger partial charge in [0.25, 0.3) is 0 Å². The van der Waals surface area contributed by atoms with E-state index in [4.69, 9.17) is 9.15 Å². The molecule has 0 bridgehead atoms. The van der Waals surface area contributed by atoms with E-state index in [2.05, 4.69) is 5.32 Å². The molecule has 0 aliphatic carbocycles. The second-order valence-corrected chi connectivity index (χ2v) is 3.61. The molecule has 1 atom stereocenters. The van der Waals surface area contributed by atoms with E-state index in [1.807, 2.05) is 6.92 Å². The molecule has 1 heterocycles. The zero-order valence-electron chi connectivity index (χ0n) is 10.1. The number of hydrogen-bond donors (Lipinski definition) is 1. The molecular weight excluding hydrogens is 222 g/mol. The Balaban J connectivity index is 2.28. The van der Waals surface area contributed by atoms with Gasteiger partial charge in [0.05, 0.1) is 25.3 Å². The fourth-order valence-corrected chi connectivity index (χ4v) is 1.37. The molecule has 94 valence electrons. The van der Waals surface area contributed by atoms with Gasteiger partial charge < -0.3 is 14.5 Å². The molecule has 1 N–H and O–H groups in total. The maximum Gasteiger partial charge on any atom is 0.306 e. The summed E-state index contributed by atoms with van der Waals surface area (Å²) >= 11 is 0. The van der Waals surface area contributed by atoms with Crippen molar-refractivity contribution in [1.82, 2.24) is 5.32 Å². The Bertz CT molecular complexity index is 359. The number of hydrogen-bond acceptors (Lipinski definition) is 4. The molecular formula is C12H17NO4. The lowest BCUT2D eigenvalue weighted by Crippen LogP contribution is -2.26. The maximum atomic E-state index is 11.5. The number of nitrogens with one attached hydrogen (secondary N) is 1. The highest BCUT2D eigenvalue weighted by Crippen LogP contribution is 2.12. The van der Waals surface area contributed by atoms with Gasteiger partial charge in [-0.3, -0.25) is 9.59 Å². The zero-order valence-corrected chi connectivity index (χ0v) is 10.1. The van der Waals surface area contributed by atoms with Gasteiger partial charge in [-0.05, 0) is 26.0 Å². The molecule has 5 nitrogen and oxygen atoms in total. The van der Waals surface area contributed by atoms with E-state index < -0.39 is 0 Å². The van der Waals surface area contributed by atoms with E-state index in [1.165, 1.54) is 0 Å². The van der Waals surface area contributed by atoms with Gasteiger partial charge in [-0.25, -0.2) is 0 Å². The Morgan fingerprint density at radius 3 is 2.82 bits per heavy atom. The van der Waals surface area contributed by atoms with E-state index >= 15 is 0 Å². The molecule has 0 spiro atoms. The largest absolute Gasteiger partial charge is 0.467 e. The van der Waals surface area contributed by atoms with Crippen LogP contribution in [0.4, 0.5) is 0 Å². The third-order valence-electron chi connectivity index (χ3n) is 2.21. The molecule has 1 amide bonds. The normalized spacial score (nSPS) is 11.9. The minimum absolute atomic E-state index is 0.102. The molecule has 17 heavy (non-hydrogen) atoms. The number of amides is 1. The van der Waals surface area contributed by atoms with Gasteiger partial charge in [0, 0.05) is 6.42 Å². The van der Waals surface area contributed by atoms with Crippen molar-refractivity contribution in [2.75, 3.05) is 6.61 Å². The maximum absolute atomic E-state index is 11.5. The smallest absolute Gasteiger partial charge is 0.306 e. The summed E-state index contributed by atoms with van der Waals surface area (Å²) in [6, 6.07) is 3.35. The fourth-order valence-electron chi connectivity index (χ4n) is 1.37. The van der Waals surface area contributed by atoms with E-state index in [0.29, 0.717) is 12.4 Å². The number of rotatable bonds is 6. The monoisotopic (exact) mass is 239 g/mol. The van der Waals surface area contributed by atoms with Crippen LogP contribution in [0.1, 0.15) is 38.5 Å². The number of carbonyl (C=O) groups excluding carboxylic acids is 2. The van der Waals surface area contributed by atoms with Crippen LogP contribution in [0.2, 0.25) is 0 Å². The molecule has 0 aliphatic rings. The minimum Gasteiger partial charge on any atom is -0.467 e. The summed E-state index contributed by atoms with van der Waals surface area (Å²) in [5.74, 6) is 0.143. The first-order chi connectivity index (χ1) is 8.13. The van der Waals surface area contributed by atoms with Gasteiger partial charge in [0.15, 0.2) is 0 Å². The second kappa shape index (κ2) is 6.73. The van der Waals surface area contributed by atoms with Crippen LogP contribution < -0.4 is 5.32 Å². The summed E-state index contributed by atoms with van der Waals surface area (Å²) in [6.07, 6.45) is 1.78. The first kappa shape index (κ1) is 13.3. The van der Waals surface area contributed by atoms with Crippen LogP contribution in [0.3, 0.4) is 0 Å². The van der Waals surface area contributed by atoms with Crippen molar-refractivity contribution in [3.05, 3.63) is 24.2 Å². The Labute approximate surface area is 100 Å². The Kier molecular flexibility index (Phi) is 5.26. The van der Waals surface area contributed by atoms with E-state index in [1.54, 1.807) is 25.3 Å². The van der Waals surface area contributed by atoms with Crippen molar-refractivity contribution in [2.45, 2.75) is 32.7 Å². The Morgan fingerprint density at radius 2 is 2.24 bits per heavy atom. The second-order valence-electron chi connectivity index (χ2n) is 3.61. The summed E-state index contributed by atoms with van der Waals surface area (Å²) in [5, 5.41) is 2.74. The molecule has 0 unspecified atom stereocenters. The first-order valence-corrected chi connectivity index (χ1v) is 5.62. The van der Waals surface area contributed by atoms with Crippen LogP contribution in [0.15, 0.2) is 22.8 Å². The first-order valence-electron chi connectivity index (χ1n) is 5.62. The molecule has 0 fully saturated rings. The molecule has 0 aliphatic heterocycles. The highest BCUT2D eigenvalue weighted by Gasteiger charge is 2.13. The van der Waals surface area contributed by atoms with Gasteiger partial charge >= 0.3 is 5.97 Å². The molecule has 0 aromatic carbocycles. The highest BCUT2D eigenvalue weighted by molar-refractivity contribution is 5.81. The summed E-state index contributed by atoms with van der Waals surface area (Å²) < 4.78 is 9.89. The number of furan rings is 1. The predicted molar refractivity (Wildman–Crippen MR) is 61.1 cm³/mol. The van der Waals surface area contributed by atoms with Crippen molar-refractivity contribution in [1.29, 1.82) is 0 Å². The van der Waals surface area contributed by atoms with Gasteiger partial charge in [-0.2, -0.15) is 0 Å². The third-order valence-corrected chi connectivity index (χ3v) is 2.21. The summed E-state index contributed by atoms with van der Waals surface area (Å²) in [5.41, 5.74) is 0. The fraction of sp³-hybridized carbons (Fsp3) is 0.500. The van der Waals surface area contributed by atoms with Crippen molar-refractivity contribution < 1.29 is 18.7 Å². The summed E-state index contributed by atoms with van der Waals surface area (Å²) in [7, 11) is 0. The average Bonchev–Trinajstić information content (AvgIpc) is 2.80. The van der Waals surface area contributed by atoms with Crippen LogP contribution in [-0.4, -0.2) is 18.5 Å². The molecule has 0 saturated heterocycles. The van der Waals surface area contributed by atoms with E-state index in [-0.39, 0.29) is 30.8 Å². The Hall–Kier alpha value is -1.78. The van der Waals surface area contributed by atoms with Crippen molar-refractivity contribution in [2.24, 2.45) is 0 Å². The van der Waals surface area contributed by atoms with Gasteiger partial charge in [-0.15, -0.1) is 0 Å². The zero-order chi connectivity index (χ0) is 12.7. The van der Waals surface area contributed by atoms with Crippen molar-refractivity contribution in [3.63, 3.8) is 0 Å². The van der Waals surface area contributed by atoms with Crippen LogP contribution in [0.5, 0.6) is 0 Å². The number of carbonyl (C=O) groups is 2. The lowest BCUT2D eigenvalue weighted by Gasteiger charge is -2.10. The molecule has 5 heteroatoms. The highest BCUT2D eigenvalue weighted by atomic mass is 16.5. The molecule has 0 radical (unpaired) electrons. The predicted octanol–water partition coefficient (Wildman–Crippen LogP) is 1.80. The number of ether oxygens (including phenoxy) is 1. The average molecular weight is 239 g/mol. The van der Waals surface area contributed by atoms with Crippen LogP contribution >= 0.6 is 0 Å². The van der Waals surface area contributed by atoms with Gasteiger partial charge in [0.1, 0.15) is 5.76 Å². The number of esters is 1. The summed E-state index contributed by atoms with van der Waals surface area (Å²) in [4.78, 5) is 22.5. The van der Waals surface area contributed by atoms with Crippen LogP contribution in [0, 0.1) is 0 Å². The standard InChI is InChI=1S/C12H17NO4/c1-3-16-12(15)7-6-11(14)13-9(2)10-5-4-8-17-10/h4-5,8-9H,3,6-7H2,1-2H3,(H,13,14)/t9-/m1/s1. The van der Waals surface area contributed by atoms with E-state index in [0.717, 1.165) is 0 Å². The third kappa shape index (κ3) is 4.72. The summed E-state index contributed by atoms with van der Waals surface area (Å²) in [6.45, 7) is 3.89. The van der Waals surface area contributed by atoms with E-state index in [9.17, 15) is 9.59 Å². The van der Waals surface area contributed by atoms with Crippen molar-refractivity contribution >= 4 is 11.9 Å². The molecule has 0 saturated carbocycles. The topological polar surface area (TPSA) is 68.5 Å². The molecule has 1 rings (SSSR count). The molecule has 1 aromatic heterocycles. The Morgan fingerprint density at radius 1 is 1.47 bits per heavy atom. The van der Waals surface area contributed by atoms with Crippen LogP contribution in [-0.2, 0) is 14.3 Å². The minimum atomic E-state index is -0.353. The quantitative estimate of drug-likeness (QED) is 0.768. The molecule has 1 aromatic rings.